The van der Waals surface area contributed by atoms with Crippen LogP contribution in [-0.4, -0.2) is 36.1 Å². The molecule has 0 fully saturated rings. The Kier molecular flexibility index (Phi) is 7.62. The van der Waals surface area contributed by atoms with E-state index >= 15 is 0 Å². The van der Waals surface area contributed by atoms with Crippen molar-refractivity contribution in [1.82, 2.24) is 10.6 Å². The molecule has 0 spiro atoms. The minimum absolute atomic E-state index is 0.0821. The van der Waals surface area contributed by atoms with E-state index in [9.17, 15) is 9.59 Å². The summed E-state index contributed by atoms with van der Waals surface area (Å²) in [5.41, 5.74) is 0. The second-order valence-corrected chi connectivity index (χ2v) is 3.58. The molecule has 0 aromatic rings. The van der Waals surface area contributed by atoms with Crippen LogP contribution in [0.4, 0.5) is 0 Å². The number of aliphatic carboxylic acids is 1. The molecule has 5 nitrogen and oxygen atoms in total. The third kappa shape index (κ3) is 9.21. The number of rotatable bonds is 8. The number of carbonyl (C=O) groups is 2. The Bertz CT molecular complexity index is 207. The molecule has 1 unspecified atom stereocenters. The fraction of sp³-hybridized carbons (Fsp3) is 0.800. The number of hydrogen-bond donors (Lipinski definition) is 3. The van der Waals surface area contributed by atoms with Gasteiger partial charge < -0.3 is 15.7 Å². The maximum Gasteiger partial charge on any atom is 0.303 e. The van der Waals surface area contributed by atoms with Crippen molar-refractivity contribution in [1.29, 1.82) is 0 Å². The summed E-state index contributed by atoms with van der Waals surface area (Å²) in [6.45, 7) is 4.95. The normalized spacial score (nSPS) is 12.1. The van der Waals surface area contributed by atoms with Crippen LogP contribution in [0, 0.1) is 0 Å². The van der Waals surface area contributed by atoms with E-state index in [0.717, 1.165) is 13.0 Å². The highest BCUT2D eigenvalue weighted by Gasteiger charge is 2.08. The van der Waals surface area contributed by atoms with Crippen LogP contribution in [0.2, 0.25) is 0 Å². The lowest BCUT2D eigenvalue weighted by molar-refractivity contribution is -0.137. The van der Waals surface area contributed by atoms with E-state index in [0.29, 0.717) is 13.0 Å². The SMILES string of the molecule is CCCNCC(=O)NC(C)CCC(=O)O. The monoisotopic (exact) mass is 216 g/mol. The molecular weight excluding hydrogens is 196 g/mol. The summed E-state index contributed by atoms with van der Waals surface area (Å²) in [6, 6.07) is -0.0861. The lowest BCUT2D eigenvalue weighted by atomic mass is 10.2. The molecule has 0 heterocycles. The third-order valence-electron chi connectivity index (χ3n) is 1.91. The molecule has 0 rings (SSSR count). The van der Waals surface area contributed by atoms with Crippen molar-refractivity contribution < 1.29 is 14.7 Å². The first-order valence-corrected chi connectivity index (χ1v) is 5.28. The van der Waals surface area contributed by atoms with Crippen LogP contribution in [0.1, 0.15) is 33.1 Å². The molecule has 0 aliphatic rings. The van der Waals surface area contributed by atoms with E-state index in [1.807, 2.05) is 6.92 Å². The molecule has 0 radical (unpaired) electrons. The smallest absolute Gasteiger partial charge is 0.303 e. The van der Waals surface area contributed by atoms with E-state index in [4.69, 9.17) is 5.11 Å². The van der Waals surface area contributed by atoms with Gasteiger partial charge in [0.1, 0.15) is 0 Å². The first kappa shape index (κ1) is 13.9. The Morgan fingerprint density at radius 3 is 2.60 bits per heavy atom. The molecule has 1 amide bonds. The summed E-state index contributed by atoms with van der Waals surface area (Å²) in [5.74, 6) is -0.915. The second-order valence-electron chi connectivity index (χ2n) is 3.58. The summed E-state index contributed by atoms with van der Waals surface area (Å²) >= 11 is 0. The highest BCUT2D eigenvalue weighted by atomic mass is 16.4. The van der Waals surface area contributed by atoms with Crippen LogP contribution >= 0.6 is 0 Å². The maximum atomic E-state index is 11.3. The van der Waals surface area contributed by atoms with E-state index < -0.39 is 5.97 Å². The Balaban J connectivity index is 3.53. The van der Waals surface area contributed by atoms with Gasteiger partial charge in [0, 0.05) is 12.5 Å². The van der Waals surface area contributed by atoms with Crippen LogP contribution in [0.5, 0.6) is 0 Å². The Labute approximate surface area is 90.2 Å². The molecular formula is C10H20N2O3. The summed E-state index contributed by atoms with van der Waals surface area (Å²) in [5, 5.41) is 14.2. The number of nitrogens with one attached hydrogen (secondary N) is 2. The van der Waals surface area contributed by atoms with Gasteiger partial charge in [-0.15, -0.1) is 0 Å². The molecule has 0 saturated carbocycles. The van der Waals surface area contributed by atoms with Gasteiger partial charge in [-0.2, -0.15) is 0 Å². The fourth-order valence-corrected chi connectivity index (χ4v) is 1.12. The quantitative estimate of drug-likeness (QED) is 0.512. The van der Waals surface area contributed by atoms with Crippen molar-refractivity contribution in [3.63, 3.8) is 0 Å². The molecule has 0 aliphatic heterocycles. The molecule has 0 aromatic heterocycles. The average molecular weight is 216 g/mol. The third-order valence-corrected chi connectivity index (χ3v) is 1.91. The Morgan fingerprint density at radius 2 is 2.07 bits per heavy atom. The standard InChI is InChI=1S/C10H20N2O3/c1-3-6-11-7-9(13)12-8(2)4-5-10(14)15/h8,11H,3-7H2,1-2H3,(H,12,13)(H,14,15). The van der Waals surface area contributed by atoms with Crippen molar-refractivity contribution in [3.05, 3.63) is 0 Å². The van der Waals surface area contributed by atoms with Gasteiger partial charge in [0.15, 0.2) is 0 Å². The van der Waals surface area contributed by atoms with Crippen molar-refractivity contribution in [2.45, 2.75) is 39.2 Å². The lowest BCUT2D eigenvalue weighted by Gasteiger charge is -2.12. The zero-order chi connectivity index (χ0) is 11.7. The van der Waals surface area contributed by atoms with Gasteiger partial charge in [0.05, 0.1) is 6.54 Å². The van der Waals surface area contributed by atoms with Crippen LogP contribution in [0.15, 0.2) is 0 Å². The number of hydrogen-bond acceptors (Lipinski definition) is 3. The molecule has 5 heteroatoms. The summed E-state index contributed by atoms with van der Waals surface area (Å²) in [7, 11) is 0. The predicted molar refractivity (Wildman–Crippen MR) is 57.6 cm³/mol. The highest BCUT2D eigenvalue weighted by Crippen LogP contribution is 1.95. The minimum Gasteiger partial charge on any atom is -0.481 e. The molecule has 88 valence electrons. The van der Waals surface area contributed by atoms with Gasteiger partial charge in [-0.1, -0.05) is 6.92 Å². The Morgan fingerprint density at radius 1 is 1.40 bits per heavy atom. The maximum absolute atomic E-state index is 11.3. The van der Waals surface area contributed by atoms with E-state index in [1.54, 1.807) is 6.92 Å². The highest BCUT2D eigenvalue weighted by molar-refractivity contribution is 5.78. The van der Waals surface area contributed by atoms with Crippen molar-refractivity contribution >= 4 is 11.9 Å². The molecule has 0 aromatic carbocycles. The van der Waals surface area contributed by atoms with Crippen molar-refractivity contribution in [2.24, 2.45) is 0 Å². The van der Waals surface area contributed by atoms with Gasteiger partial charge >= 0.3 is 5.97 Å². The van der Waals surface area contributed by atoms with E-state index in [1.165, 1.54) is 0 Å². The van der Waals surface area contributed by atoms with Crippen LogP contribution < -0.4 is 10.6 Å². The fourth-order valence-electron chi connectivity index (χ4n) is 1.12. The molecule has 0 saturated heterocycles. The molecule has 1 atom stereocenters. The van der Waals surface area contributed by atoms with Crippen molar-refractivity contribution in [3.8, 4) is 0 Å². The Hall–Kier alpha value is -1.10. The summed E-state index contributed by atoms with van der Waals surface area (Å²) in [6.07, 6.45) is 1.54. The zero-order valence-corrected chi connectivity index (χ0v) is 9.38. The molecule has 0 aliphatic carbocycles. The summed E-state index contributed by atoms with van der Waals surface area (Å²) in [4.78, 5) is 21.5. The number of carbonyl (C=O) groups excluding carboxylic acids is 1. The van der Waals surface area contributed by atoms with Crippen LogP contribution in [-0.2, 0) is 9.59 Å². The molecule has 15 heavy (non-hydrogen) atoms. The number of amides is 1. The topological polar surface area (TPSA) is 78.4 Å². The lowest BCUT2D eigenvalue weighted by Crippen LogP contribution is -2.39. The van der Waals surface area contributed by atoms with Gasteiger partial charge in [-0.3, -0.25) is 9.59 Å². The first-order valence-electron chi connectivity index (χ1n) is 5.28. The van der Waals surface area contributed by atoms with Crippen molar-refractivity contribution in [2.75, 3.05) is 13.1 Å². The average Bonchev–Trinajstić information content (AvgIpc) is 2.15. The first-order chi connectivity index (χ1) is 7.06. The van der Waals surface area contributed by atoms with Gasteiger partial charge in [-0.05, 0) is 26.3 Å². The second kappa shape index (κ2) is 8.23. The zero-order valence-electron chi connectivity index (χ0n) is 9.38. The van der Waals surface area contributed by atoms with E-state index in [2.05, 4.69) is 10.6 Å². The van der Waals surface area contributed by atoms with Gasteiger partial charge in [-0.25, -0.2) is 0 Å². The predicted octanol–water partition coefficient (Wildman–Crippen LogP) is 0.355. The number of carboxylic acids is 1. The van der Waals surface area contributed by atoms with Gasteiger partial charge in [0.2, 0.25) is 5.91 Å². The number of carboxylic acid groups (broad SMARTS) is 1. The largest absolute Gasteiger partial charge is 0.481 e. The molecule has 0 bridgehead atoms. The van der Waals surface area contributed by atoms with Crippen LogP contribution in [0.25, 0.3) is 0 Å². The molecule has 3 N–H and O–H groups in total. The van der Waals surface area contributed by atoms with Crippen LogP contribution in [0.3, 0.4) is 0 Å². The minimum atomic E-state index is -0.833. The van der Waals surface area contributed by atoms with Gasteiger partial charge in [0.25, 0.3) is 0 Å². The summed E-state index contributed by atoms with van der Waals surface area (Å²) < 4.78 is 0. The van der Waals surface area contributed by atoms with E-state index in [-0.39, 0.29) is 18.4 Å².